The summed E-state index contributed by atoms with van der Waals surface area (Å²) in [6, 6.07) is 0. The molecular weight excluding hydrogens is 232 g/mol. The Morgan fingerprint density at radius 1 is 1.80 bits per heavy atom. The number of aromatic carboxylic acids is 1. The van der Waals surface area contributed by atoms with Gasteiger partial charge in [-0.25, -0.2) is 9.78 Å². The predicted octanol–water partition coefficient (Wildman–Crippen LogP) is 1.62. The van der Waals surface area contributed by atoms with E-state index in [2.05, 4.69) is 16.2 Å². The van der Waals surface area contributed by atoms with Crippen LogP contribution >= 0.6 is 23.1 Å². The van der Waals surface area contributed by atoms with E-state index in [1.807, 2.05) is 0 Å². The molecule has 0 aliphatic carbocycles. The smallest absolute Gasteiger partial charge is 0.347 e. The monoisotopic (exact) mass is 242 g/mol. The lowest BCUT2D eigenvalue weighted by Crippen LogP contribution is -2.03. The van der Waals surface area contributed by atoms with Crippen LogP contribution in [0.2, 0.25) is 0 Å². The highest BCUT2D eigenvalue weighted by atomic mass is 32.2. The second kappa shape index (κ2) is 6.32. The van der Waals surface area contributed by atoms with Crippen molar-refractivity contribution in [2.75, 3.05) is 23.4 Å². The molecule has 0 amide bonds. The molecule has 0 radical (unpaired) electrons. The maximum Gasteiger partial charge on any atom is 0.347 e. The van der Waals surface area contributed by atoms with Crippen molar-refractivity contribution in [1.82, 2.24) is 4.98 Å². The molecule has 0 atom stereocenters. The first-order valence-electron chi connectivity index (χ1n) is 4.18. The molecule has 0 spiro atoms. The standard InChI is InChI=1S/C9H10N2O2S2/c1-2-4-14-5-3-10-9-11-6-7(15-9)8(12)13/h1,6H,3-5H2,(H,10,11)(H,12,13). The fourth-order valence-corrected chi connectivity index (χ4v) is 2.01. The quantitative estimate of drug-likeness (QED) is 0.586. The van der Waals surface area contributed by atoms with Gasteiger partial charge in [0.2, 0.25) is 0 Å². The summed E-state index contributed by atoms with van der Waals surface area (Å²) in [6.45, 7) is 0.735. The lowest BCUT2D eigenvalue weighted by molar-refractivity contribution is 0.0702. The number of anilines is 1. The Morgan fingerprint density at radius 2 is 2.60 bits per heavy atom. The van der Waals surface area contributed by atoms with E-state index in [9.17, 15) is 4.79 Å². The summed E-state index contributed by atoms with van der Waals surface area (Å²) in [5.74, 6) is 3.16. The first-order chi connectivity index (χ1) is 7.24. The molecular formula is C9H10N2O2S2. The zero-order valence-corrected chi connectivity index (χ0v) is 9.53. The van der Waals surface area contributed by atoms with Gasteiger partial charge in [0, 0.05) is 12.3 Å². The Hall–Kier alpha value is -1.19. The van der Waals surface area contributed by atoms with Crippen molar-refractivity contribution in [3.63, 3.8) is 0 Å². The SMILES string of the molecule is C#CCSCCNc1ncc(C(=O)O)s1. The van der Waals surface area contributed by atoms with Gasteiger partial charge in [-0.1, -0.05) is 17.3 Å². The summed E-state index contributed by atoms with van der Waals surface area (Å²) in [5.41, 5.74) is 0. The highest BCUT2D eigenvalue weighted by molar-refractivity contribution is 7.99. The molecule has 0 bridgehead atoms. The molecule has 0 saturated heterocycles. The molecule has 0 aliphatic heterocycles. The Kier molecular flexibility index (Phi) is 5.01. The van der Waals surface area contributed by atoms with Crippen LogP contribution < -0.4 is 5.32 Å². The molecule has 0 unspecified atom stereocenters. The van der Waals surface area contributed by atoms with Gasteiger partial charge >= 0.3 is 5.97 Å². The van der Waals surface area contributed by atoms with E-state index in [0.717, 1.165) is 23.6 Å². The Bertz CT molecular complexity index is 370. The molecule has 2 N–H and O–H groups in total. The minimum absolute atomic E-state index is 0.244. The van der Waals surface area contributed by atoms with E-state index in [-0.39, 0.29) is 4.88 Å². The lowest BCUT2D eigenvalue weighted by atomic mass is 10.6. The van der Waals surface area contributed by atoms with Crippen LogP contribution in [0.15, 0.2) is 6.20 Å². The summed E-state index contributed by atoms with van der Waals surface area (Å²) in [5, 5.41) is 12.3. The van der Waals surface area contributed by atoms with Crippen molar-refractivity contribution in [3.8, 4) is 12.3 Å². The van der Waals surface area contributed by atoms with E-state index >= 15 is 0 Å². The van der Waals surface area contributed by atoms with Gasteiger partial charge in [0.1, 0.15) is 4.88 Å². The van der Waals surface area contributed by atoms with Crippen molar-refractivity contribution in [2.45, 2.75) is 0 Å². The molecule has 0 fully saturated rings. The van der Waals surface area contributed by atoms with Crippen LogP contribution in [0.5, 0.6) is 0 Å². The number of carbonyl (C=O) groups is 1. The minimum atomic E-state index is -0.942. The Balaban J connectivity index is 2.26. The fraction of sp³-hybridized carbons (Fsp3) is 0.333. The first kappa shape index (κ1) is 11.9. The summed E-state index contributed by atoms with van der Waals surface area (Å²) < 4.78 is 0. The van der Waals surface area contributed by atoms with E-state index in [4.69, 9.17) is 11.5 Å². The molecule has 0 aromatic carbocycles. The van der Waals surface area contributed by atoms with E-state index in [1.54, 1.807) is 11.8 Å². The number of carboxylic acid groups (broad SMARTS) is 1. The average Bonchev–Trinajstić information content (AvgIpc) is 2.66. The first-order valence-corrected chi connectivity index (χ1v) is 6.15. The summed E-state index contributed by atoms with van der Waals surface area (Å²) >= 11 is 2.78. The van der Waals surface area contributed by atoms with Gasteiger partial charge in [0.25, 0.3) is 0 Å². The van der Waals surface area contributed by atoms with Crippen LogP contribution in [0.25, 0.3) is 0 Å². The highest BCUT2D eigenvalue weighted by Crippen LogP contribution is 2.17. The van der Waals surface area contributed by atoms with Gasteiger partial charge in [-0.3, -0.25) is 0 Å². The van der Waals surface area contributed by atoms with E-state index in [0.29, 0.717) is 10.9 Å². The maximum atomic E-state index is 10.5. The number of hydrogen-bond acceptors (Lipinski definition) is 5. The molecule has 1 aromatic heterocycles. The number of aromatic nitrogens is 1. The van der Waals surface area contributed by atoms with Gasteiger partial charge in [-0.2, -0.15) is 0 Å². The lowest BCUT2D eigenvalue weighted by Gasteiger charge is -1.99. The molecule has 4 nitrogen and oxygen atoms in total. The molecule has 15 heavy (non-hydrogen) atoms. The zero-order chi connectivity index (χ0) is 11.1. The zero-order valence-electron chi connectivity index (χ0n) is 7.90. The number of thiazole rings is 1. The van der Waals surface area contributed by atoms with Crippen LogP contribution in [0.3, 0.4) is 0 Å². The molecule has 0 saturated carbocycles. The van der Waals surface area contributed by atoms with Gasteiger partial charge in [0.15, 0.2) is 5.13 Å². The van der Waals surface area contributed by atoms with Crippen LogP contribution in [0.4, 0.5) is 5.13 Å². The number of carboxylic acids is 1. The van der Waals surface area contributed by atoms with E-state index in [1.165, 1.54) is 6.20 Å². The van der Waals surface area contributed by atoms with Crippen LogP contribution in [0.1, 0.15) is 9.67 Å². The summed E-state index contributed by atoms with van der Waals surface area (Å²) in [4.78, 5) is 14.7. The average molecular weight is 242 g/mol. The van der Waals surface area contributed by atoms with Crippen molar-refractivity contribution in [2.24, 2.45) is 0 Å². The van der Waals surface area contributed by atoms with Gasteiger partial charge in [0.05, 0.1) is 11.9 Å². The molecule has 0 aliphatic rings. The second-order valence-corrected chi connectivity index (χ2v) is 4.65. The van der Waals surface area contributed by atoms with Crippen molar-refractivity contribution in [3.05, 3.63) is 11.1 Å². The largest absolute Gasteiger partial charge is 0.477 e. The Morgan fingerprint density at radius 3 is 3.20 bits per heavy atom. The van der Waals surface area contributed by atoms with Crippen LogP contribution in [0, 0.1) is 12.3 Å². The third kappa shape index (κ3) is 4.23. The molecule has 1 aromatic rings. The topological polar surface area (TPSA) is 62.2 Å². The van der Waals surface area contributed by atoms with Gasteiger partial charge < -0.3 is 10.4 Å². The number of thioether (sulfide) groups is 1. The van der Waals surface area contributed by atoms with Gasteiger partial charge in [-0.15, -0.1) is 18.2 Å². The Labute approximate surface area is 96.1 Å². The second-order valence-electron chi connectivity index (χ2n) is 2.52. The molecule has 1 rings (SSSR count). The molecule has 6 heteroatoms. The highest BCUT2D eigenvalue weighted by Gasteiger charge is 2.07. The third-order valence-electron chi connectivity index (χ3n) is 1.42. The summed E-state index contributed by atoms with van der Waals surface area (Å²) in [6.07, 6.45) is 6.44. The van der Waals surface area contributed by atoms with Crippen molar-refractivity contribution >= 4 is 34.2 Å². The van der Waals surface area contributed by atoms with Crippen molar-refractivity contribution < 1.29 is 9.90 Å². The molecule has 1 heterocycles. The number of rotatable bonds is 6. The predicted molar refractivity (Wildman–Crippen MR) is 63.7 cm³/mol. The summed E-state index contributed by atoms with van der Waals surface area (Å²) in [7, 11) is 0. The normalized spacial score (nSPS) is 9.53. The van der Waals surface area contributed by atoms with E-state index < -0.39 is 5.97 Å². The van der Waals surface area contributed by atoms with Crippen molar-refractivity contribution in [1.29, 1.82) is 0 Å². The van der Waals surface area contributed by atoms with Crippen LogP contribution in [-0.2, 0) is 0 Å². The fourth-order valence-electron chi connectivity index (χ4n) is 0.816. The van der Waals surface area contributed by atoms with Crippen LogP contribution in [-0.4, -0.2) is 34.1 Å². The number of nitrogens with one attached hydrogen (secondary N) is 1. The number of terminal acetylenes is 1. The third-order valence-corrected chi connectivity index (χ3v) is 3.23. The number of hydrogen-bond donors (Lipinski definition) is 2. The number of nitrogens with zero attached hydrogens (tertiary/aromatic N) is 1. The molecule has 80 valence electrons. The minimum Gasteiger partial charge on any atom is -0.477 e. The maximum absolute atomic E-state index is 10.5. The van der Waals surface area contributed by atoms with Gasteiger partial charge in [-0.05, 0) is 0 Å².